The number of hydrogen-bond acceptors (Lipinski definition) is 4. The summed E-state index contributed by atoms with van der Waals surface area (Å²) in [5, 5.41) is 0. The molecular weight excluding hydrogens is 342 g/mol. The molecule has 2 unspecified atom stereocenters. The first kappa shape index (κ1) is 18.5. The first-order valence-corrected chi connectivity index (χ1v) is 10.5. The van der Waals surface area contributed by atoms with E-state index in [2.05, 4.69) is 16.8 Å². The fourth-order valence-corrected chi connectivity index (χ4v) is 4.98. The van der Waals surface area contributed by atoms with Crippen molar-refractivity contribution in [3.63, 3.8) is 0 Å². The van der Waals surface area contributed by atoms with Gasteiger partial charge < -0.3 is 4.57 Å². The molecule has 1 aliphatic heterocycles. The highest BCUT2D eigenvalue weighted by Gasteiger charge is 2.31. The van der Waals surface area contributed by atoms with E-state index in [1.165, 1.54) is 32.1 Å². The lowest BCUT2D eigenvalue weighted by molar-refractivity contribution is 0.0798. The maximum Gasteiger partial charge on any atom is 0.330 e. The average Bonchev–Trinajstić information content (AvgIpc) is 2.98. The second-order valence-corrected chi connectivity index (χ2v) is 8.35. The Bertz CT molecular complexity index is 925. The summed E-state index contributed by atoms with van der Waals surface area (Å²) in [4.78, 5) is 34.4. The Morgan fingerprint density at radius 3 is 2.70 bits per heavy atom. The Balaban J connectivity index is 1.62. The summed E-state index contributed by atoms with van der Waals surface area (Å²) in [5.74, 6) is 2.59. The van der Waals surface area contributed by atoms with Gasteiger partial charge in [-0.1, -0.05) is 32.6 Å². The van der Waals surface area contributed by atoms with E-state index in [0.717, 1.165) is 50.1 Å². The normalized spacial score (nSPS) is 23.6. The molecule has 7 nitrogen and oxygen atoms in total. The largest absolute Gasteiger partial charge is 0.330 e. The minimum Gasteiger partial charge on any atom is -0.324 e. The molecule has 3 heterocycles. The van der Waals surface area contributed by atoms with Gasteiger partial charge in [0, 0.05) is 20.1 Å². The van der Waals surface area contributed by atoms with Gasteiger partial charge in [-0.05, 0) is 37.6 Å². The summed E-state index contributed by atoms with van der Waals surface area (Å²) < 4.78 is 3.50. The summed E-state index contributed by atoms with van der Waals surface area (Å²) in [6.07, 6.45) is 8.65. The number of H-pyrrole nitrogens is 1. The number of aromatic nitrogens is 4. The van der Waals surface area contributed by atoms with E-state index in [1.54, 1.807) is 4.57 Å². The third kappa shape index (κ3) is 3.49. The first-order chi connectivity index (χ1) is 13.1. The number of rotatable bonds is 5. The van der Waals surface area contributed by atoms with Crippen LogP contribution >= 0.6 is 0 Å². The van der Waals surface area contributed by atoms with Crippen molar-refractivity contribution in [1.82, 2.24) is 24.0 Å². The molecule has 2 aromatic rings. The average molecular weight is 374 g/mol. The van der Waals surface area contributed by atoms with Gasteiger partial charge in [-0.25, -0.2) is 9.78 Å². The van der Waals surface area contributed by atoms with E-state index in [4.69, 9.17) is 4.98 Å². The number of nitrogens with one attached hydrogen (secondary N) is 1. The zero-order valence-electron chi connectivity index (χ0n) is 16.5. The molecule has 1 aliphatic carbocycles. The van der Waals surface area contributed by atoms with Crippen molar-refractivity contribution in [3.05, 3.63) is 26.7 Å². The lowest BCUT2D eigenvalue weighted by Crippen LogP contribution is -2.41. The van der Waals surface area contributed by atoms with Gasteiger partial charge in [0.25, 0.3) is 5.56 Å². The second kappa shape index (κ2) is 7.62. The molecule has 27 heavy (non-hydrogen) atoms. The Kier molecular flexibility index (Phi) is 5.21. The summed E-state index contributed by atoms with van der Waals surface area (Å²) in [7, 11) is 1.89. The van der Waals surface area contributed by atoms with Gasteiger partial charge in [0.1, 0.15) is 5.82 Å². The van der Waals surface area contributed by atoms with Crippen LogP contribution in [0.3, 0.4) is 0 Å². The summed E-state index contributed by atoms with van der Waals surface area (Å²) in [6, 6.07) is 0. The lowest BCUT2D eigenvalue weighted by Gasteiger charge is -2.41. The fourth-order valence-electron chi connectivity index (χ4n) is 4.98. The zero-order valence-corrected chi connectivity index (χ0v) is 16.5. The Labute approximate surface area is 159 Å². The van der Waals surface area contributed by atoms with Crippen LogP contribution in [0.2, 0.25) is 0 Å². The van der Waals surface area contributed by atoms with E-state index in [0.29, 0.717) is 17.7 Å². The van der Waals surface area contributed by atoms with Gasteiger partial charge in [-0.15, -0.1) is 0 Å². The SMILES string of the molecule is CCCCn1c(=O)[nH]c(=O)c2c1nc(CN1CCC3CCCCC3C1)n2C. The smallest absolute Gasteiger partial charge is 0.324 e. The quantitative estimate of drug-likeness (QED) is 0.872. The van der Waals surface area contributed by atoms with Gasteiger partial charge in [0.05, 0.1) is 6.54 Å². The molecule has 7 heteroatoms. The highest BCUT2D eigenvalue weighted by molar-refractivity contribution is 5.70. The van der Waals surface area contributed by atoms with Crippen molar-refractivity contribution in [3.8, 4) is 0 Å². The van der Waals surface area contributed by atoms with Crippen molar-refractivity contribution in [2.24, 2.45) is 18.9 Å². The Morgan fingerprint density at radius 1 is 1.15 bits per heavy atom. The molecule has 0 amide bonds. The zero-order chi connectivity index (χ0) is 19.0. The molecule has 2 aromatic heterocycles. The summed E-state index contributed by atoms with van der Waals surface area (Å²) >= 11 is 0. The van der Waals surface area contributed by atoms with Crippen molar-refractivity contribution in [2.75, 3.05) is 13.1 Å². The summed E-state index contributed by atoms with van der Waals surface area (Å²) in [5.41, 5.74) is 0.346. The molecule has 2 atom stereocenters. The molecule has 2 aliphatic rings. The molecule has 0 bridgehead atoms. The molecule has 0 aromatic carbocycles. The minimum atomic E-state index is -0.353. The number of likely N-dealkylation sites (tertiary alicyclic amines) is 1. The summed E-state index contributed by atoms with van der Waals surface area (Å²) in [6.45, 7) is 5.66. The molecule has 2 fully saturated rings. The predicted molar refractivity (Wildman–Crippen MR) is 106 cm³/mol. The van der Waals surface area contributed by atoms with Crippen LogP contribution in [0.5, 0.6) is 0 Å². The van der Waals surface area contributed by atoms with Gasteiger partial charge in [0.2, 0.25) is 0 Å². The number of hydrogen-bond donors (Lipinski definition) is 1. The third-order valence-corrected chi connectivity index (χ3v) is 6.58. The van der Waals surface area contributed by atoms with Crippen LogP contribution in [-0.2, 0) is 20.1 Å². The lowest BCUT2D eigenvalue weighted by atomic mass is 9.75. The minimum absolute atomic E-state index is 0.338. The van der Waals surface area contributed by atoms with Gasteiger partial charge in [-0.3, -0.25) is 19.2 Å². The highest BCUT2D eigenvalue weighted by Crippen LogP contribution is 2.36. The number of fused-ring (bicyclic) bond motifs is 2. The van der Waals surface area contributed by atoms with Gasteiger partial charge in [-0.2, -0.15) is 0 Å². The second-order valence-electron chi connectivity index (χ2n) is 8.35. The number of unbranched alkanes of at least 4 members (excludes halogenated alkanes) is 1. The molecular formula is C20H31N5O2. The molecule has 1 saturated carbocycles. The van der Waals surface area contributed by atoms with E-state index in [-0.39, 0.29) is 11.2 Å². The molecule has 1 saturated heterocycles. The van der Waals surface area contributed by atoms with Crippen LogP contribution < -0.4 is 11.2 Å². The number of piperidine rings is 1. The van der Waals surface area contributed by atoms with Gasteiger partial charge >= 0.3 is 5.69 Å². The monoisotopic (exact) mass is 373 g/mol. The van der Waals surface area contributed by atoms with Crippen LogP contribution in [0.1, 0.15) is 57.7 Å². The number of imidazole rings is 1. The first-order valence-electron chi connectivity index (χ1n) is 10.5. The maximum absolute atomic E-state index is 12.4. The molecule has 1 N–H and O–H groups in total. The topological polar surface area (TPSA) is 75.9 Å². The maximum atomic E-state index is 12.4. The van der Waals surface area contributed by atoms with E-state index < -0.39 is 0 Å². The standard InChI is InChI=1S/C20H31N5O2/c1-3-4-10-25-18-17(19(26)22-20(25)27)23(2)16(21-18)13-24-11-9-14-7-5-6-8-15(14)12-24/h14-15H,3-13H2,1-2H3,(H,22,26,27). The third-order valence-electron chi connectivity index (χ3n) is 6.58. The highest BCUT2D eigenvalue weighted by atomic mass is 16.2. The van der Waals surface area contributed by atoms with Crippen LogP contribution in [-0.4, -0.2) is 37.1 Å². The van der Waals surface area contributed by atoms with Crippen molar-refractivity contribution in [1.29, 1.82) is 0 Å². The van der Waals surface area contributed by atoms with E-state index >= 15 is 0 Å². The number of aromatic amines is 1. The van der Waals surface area contributed by atoms with E-state index in [1.807, 2.05) is 11.6 Å². The molecule has 0 radical (unpaired) electrons. The van der Waals surface area contributed by atoms with Crippen molar-refractivity contribution in [2.45, 2.75) is 65.0 Å². The van der Waals surface area contributed by atoms with Crippen molar-refractivity contribution >= 4 is 11.2 Å². The molecule has 148 valence electrons. The van der Waals surface area contributed by atoms with E-state index in [9.17, 15) is 9.59 Å². The van der Waals surface area contributed by atoms with Crippen molar-refractivity contribution < 1.29 is 0 Å². The van der Waals surface area contributed by atoms with Gasteiger partial charge in [0.15, 0.2) is 11.2 Å². The predicted octanol–water partition coefficient (Wildman–Crippen LogP) is 2.24. The Hall–Kier alpha value is -1.89. The molecule has 0 spiro atoms. The van der Waals surface area contributed by atoms with Crippen LogP contribution in [0.25, 0.3) is 11.2 Å². The van der Waals surface area contributed by atoms with Crippen LogP contribution in [0.4, 0.5) is 0 Å². The number of aryl methyl sites for hydroxylation is 2. The van der Waals surface area contributed by atoms with Crippen LogP contribution in [0, 0.1) is 11.8 Å². The Morgan fingerprint density at radius 2 is 1.93 bits per heavy atom. The van der Waals surface area contributed by atoms with Crippen LogP contribution in [0.15, 0.2) is 9.59 Å². The molecule has 4 rings (SSSR count). The number of nitrogens with zero attached hydrogens (tertiary/aromatic N) is 4. The fraction of sp³-hybridized carbons (Fsp3) is 0.750.